The van der Waals surface area contributed by atoms with Crippen LogP contribution in [0.1, 0.15) is 31.4 Å². The number of nitrogens with one attached hydrogen (secondary N) is 1. The van der Waals surface area contributed by atoms with Crippen LogP contribution in [0.2, 0.25) is 0 Å². The van der Waals surface area contributed by atoms with E-state index in [9.17, 15) is 4.79 Å². The number of nitrogens with zero attached hydrogens (tertiary/aromatic N) is 1. The van der Waals surface area contributed by atoms with Gasteiger partial charge < -0.3 is 14.8 Å². The Kier molecular flexibility index (Phi) is 5.05. The zero-order chi connectivity index (χ0) is 20.5. The molecule has 3 aromatic rings. The Hall–Kier alpha value is -3.05. The first-order valence-corrected chi connectivity index (χ1v) is 10.6. The fourth-order valence-corrected chi connectivity index (χ4v) is 4.54. The van der Waals surface area contributed by atoms with Crippen LogP contribution in [0.5, 0.6) is 11.5 Å². The summed E-state index contributed by atoms with van der Waals surface area (Å²) in [4.78, 5) is 15.3. The number of hydrogen-bond donors (Lipinski definition) is 1. The summed E-state index contributed by atoms with van der Waals surface area (Å²) in [7, 11) is 0. The summed E-state index contributed by atoms with van der Waals surface area (Å²) in [5.41, 5.74) is 2.02. The summed E-state index contributed by atoms with van der Waals surface area (Å²) in [6.45, 7) is 4.07. The van der Waals surface area contributed by atoms with E-state index >= 15 is 0 Å². The fourth-order valence-electron chi connectivity index (χ4n) is 4.54. The number of likely N-dealkylation sites (tertiary alicyclic amines) is 1. The summed E-state index contributed by atoms with van der Waals surface area (Å²) < 4.78 is 11.4. The number of benzene rings is 3. The predicted molar refractivity (Wildman–Crippen MR) is 118 cm³/mol. The maximum absolute atomic E-state index is 13.0. The number of hydrogen-bond acceptors (Lipinski definition) is 4. The van der Waals surface area contributed by atoms with Gasteiger partial charge in [-0.15, -0.1) is 0 Å². The lowest BCUT2D eigenvalue weighted by atomic mass is 10.0. The second-order valence-electron chi connectivity index (χ2n) is 8.03. The largest absolute Gasteiger partial charge is 0.486 e. The molecule has 5 rings (SSSR count). The number of ether oxygens (including phenoxy) is 2. The molecule has 0 spiro atoms. The van der Waals surface area contributed by atoms with E-state index in [4.69, 9.17) is 9.47 Å². The predicted octanol–water partition coefficient (Wildman–Crippen LogP) is 4.78. The summed E-state index contributed by atoms with van der Waals surface area (Å²) in [5.74, 6) is 1.63. The smallest absolute Gasteiger partial charge is 0.241 e. The number of carbonyl (C=O) groups is 1. The van der Waals surface area contributed by atoms with Crippen molar-refractivity contribution in [3.05, 3.63) is 66.2 Å². The average Bonchev–Trinajstić information content (AvgIpc) is 3.28. The van der Waals surface area contributed by atoms with Crippen molar-refractivity contribution in [2.24, 2.45) is 0 Å². The van der Waals surface area contributed by atoms with Gasteiger partial charge in [0.25, 0.3) is 0 Å². The van der Waals surface area contributed by atoms with E-state index in [1.54, 1.807) is 0 Å². The van der Waals surface area contributed by atoms with Crippen molar-refractivity contribution in [1.82, 2.24) is 4.90 Å². The summed E-state index contributed by atoms with van der Waals surface area (Å²) in [6, 6.07) is 20.4. The number of anilines is 1. The van der Waals surface area contributed by atoms with Crippen LogP contribution in [0.4, 0.5) is 5.69 Å². The van der Waals surface area contributed by atoms with Gasteiger partial charge in [0.1, 0.15) is 13.2 Å². The number of rotatable bonds is 4. The molecule has 5 heteroatoms. The van der Waals surface area contributed by atoms with Gasteiger partial charge in [-0.3, -0.25) is 9.69 Å². The van der Waals surface area contributed by atoms with Crippen LogP contribution in [0.3, 0.4) is 0 Å². The van der Waals surface area contributed by atoms with Crippen LogP contribution in [-0.2, 0) is 4.79 Å². The highest BCUT2D eigenvalue weighted by atomic mass is 16.6. The Labute approximate surface area is 176 Å². The monoisotopic (exact) mass is 402 g/mol. The van der Waals surface area contributed by atoms with E-state index in [2.05, 4.69) is 34.5 Å². The molecule has 30 heavy (non-hydrogen) atoms. The number of amides is 1. The van der Waals surface area contributed by atoms with E-state index in [-0.39, 0.29) is 18.0 Å². The summed E-state index contributed by atoms with van der Waals surface area (Å²) >= 11 is 0. The Morgan fingerprint density at radius 1 is 1.00 bits per heavy atom. The third-order valence-corrected chi connectivity index (χ3v) is 6.14. The average molecular weight is 402 g/mol. The van der Waals surface area contributed by atoms with Crippen LogP contribution in [0, 0.1) is 0 Å². The van der Waals surface area contributed by atoms with Crippen LogP contribution in [0.25, 0.3) is 10.8 Å². The molecule has 0 radical (unpaired) electrons. The fraction of sp³-hybridized carbons (Fsp3) is 0.320. The second kappa shape index (κ2) is 8.00. The normalized spacial score (nSPS) is 19.6. The first kappa shape index (κ1) is 18.9. The van der Waals surface area contributed by atoms with E-state index in [0.717, 1.165) is 42.0 Å². The Bertz CT molecular complexity index is 1080. The first-order valence-electron chi connectivity index (χ1n) is 10.6. The molecular weight excluding hydrogens is 376 g/mol. The highest BCUT2D eigenvalue weighted by Crippen LogP contribution is 2.39. The quantitative estimate of drug-likeness (QED) is 0.683. The molecule has 3 aromatic carbocycles. The van der Waals surface area contributed by atoms with E-state index in [1.165, 1.54) is 10.9 Å². The van der Waals surface area contributed by atoms with Gasteiger partial charge in [-0.25, -0.2) is 0 Å². The van der Waals surface area contributed by atoms with Crippen molar-refractivity contribution in [3.8, 4) is 11.5 Å². The lowest BCUT2D eigenvalue weighted by molar-refractivity contribution is -0.121. The molecule has 2 heterocycles. The van der Waals surface area contributed by atoms with Gasteiger partial charge in [0, 0.05) is 11.7 Å². The number of fused-ring (bicyclic) bond motifs is 2. The van der Waals surface area contributed by atoms with Gasteiger partial charge in [-0.1, -0.05) is 36.4 Å². The lowest BCUT2D eigenvalue weighted by Gasteiger charge is -2.31. The molecule has 0 aliphatic carbocycles. The van der Waals surface area contributed by atoms with Gasteiger partial charge in [-0.05, 0) is 66.9 Å². The van der Waals surface area contributed by atoms with Crippen molar-refractivity contribution in [3.63, 3.8) is 0 Å². The highest BCUT2D eigenvalue weighted by molar-refractivity contribution is 5.97. The third kappa shape index (κ3) is 3.61. The zero-order valence-electron chi connectivity index (χ0n) is 17.1. The molecule has 1 fully saturated rings. The van der Waals surface area contributed by atoms with Crippen molar-refractivity contribution in [2.75, 3.05) is 25.1 Å². The Balaban J connectivity index is 1.32. The molecule has 5 nitrogen and oxygen atoms in total. The molecule has 2 aliphatic rings. The van der Waals surface area contributed by atoms with Gasteiger partial charge in [0.2, 0.25) is 5.91 Å². The van der Waals surface area contributed by atoms with Crippen molar-refractivity contribution in [2.45, 2.75) is 31.8 Å². The highest BCUT2D eigenvalue weighted by Gasteiger charge is 2.33. The van der Waals surface area contributed by atoms with Crippen molar-refractivity contribution >= 4 is 22.4 Å². The number of carbonyl (C=O) groups excluding carboxylic acids is 1. The van der Waals surface area contributed by atoms with Crippen LogP contribution < -0.4 is 14.8 Å². The van der Waals surface area contributed by atoms with Gasteiger partial charge in [0.05, 0.1) is 6.04 Å². The van der Waals surface area contributed by atoms with Gasteiger partial charge >= 0.3 is 0 Å². The maximum atomic E-state index is 13.0. The van der Waals surface area contributed by atoms with E-state index in [1.807, 2.05) is 43.3 Å². The minimum absolute atomic E-state index is 0.0229. The molecule has 1 amide bonds. The molecular formula is C25H26N2O3. The summed E-state index contributed by atoms with van der Waals surface area (Å²) in [5, 5.41) is 5.40. The van der Waals surface area contributed by atoms with Gasteiger partial charge in [-0.2, -0.15) is 0 Å². The molecule has 1 N–H and O–H groups in total. The SMILES string of the molecule is C[C@H](C(=O)Nc1ccc2ccccc2c1)N1CCC[C@H]1c1ccc2c(c1)OCCO2. The molecule has 154 valence electrons. The van der Waals surface area contributed by atoms with Crippen molar-refractivity contribution < 1.29 is 14.3 Å². The van der Waals surface area contributed by atoms with Gasteiger partial charge in [0.15, 0.2) is 11.5 Å². The van der Waals surface area contributed by atoms with Crippen LogP contribution >= 0.6 is 0 Å². The molecule has 1 saturated heterocycles. The topological polar surface area (TPSA) is 50.8 Å². The maximum Gasteiger partial charge on any atom is 0.241 e. The van der Waals surface area contributed by atoms with Crippen LogP contribution in [-0.4, -0.2) is 36.6 Å². The minimum Gasteiger partial charge on any atom is -0.486 e. The molecule has 0 unspecified atom stereocenters. The minimum atomic E-state index is -0.225. The van der Waals surface area contributed by atoms with Crippen LogP contribution in [0.15, 0.2) is 60.7 Å². The second-order valence-corrected chi connectivity index (χ2v) is 8.03. The third-order valence-electron chi connectivity index (χ3n) is 6.14. The standard InChI is InChI=1S/C25H26N2O3/c1-17(25(28)26-21-10-8-18-5-2-3-6-19(18)15-21)27-12-4-7-22(27)20-9-11-23-24(16-20)30-14-13-29-23/h2-3,5-6,8-11,15-17,22H,4,7,12-14H2,1H3,(H,26,28)/t17-,22+/m1/s1. The van der Waals surface area contributed by atoms with Crippen molar-refractivity contribution in [1.29, 1.82) is 0 Å². The molecule has 0 saturated carbocycles. The summed E-state index contributed by atoms with van der Waals surface area (Å²) in [6.07, 6.45) is 2.11. The molecule has 2 atom stereocenters. The Morgan fingerprint density at radius 2 is 1.80 bits per heavy atom. The van der Waals surface area contributed by atoms with E-state index in [0.29, 0.717) is 13.2 Å². The lowest BCUT2D eigenvalue weighted by Crippen LogP contribution is -2.41. The molecule has 0 bridgehead atoms. The zero-order valence-corrected chi connectivity index (χ0v) is 17.1. The Morgan fingerprint density at radius 3 is 2.67 bits per heavy atom. The molecule has 2 aliphatic heterocycles. The first-order chi connectivity index (χ1) is 14.7. The molecule has 0 aromatic heterocycles. The van der Waals surface area contributed by atoms with E-state index < -0.39 is 0 Å².